The highest BCUT2D eigenvalue weighted by atomic mass is 16.8. The Morgan fingerprint density at radius 2 is 1.50 bits per heavy atom. The van der Waals surface area contributed by atoms with Crippen molar-refractivity contribution in [3.05, 3.63) is 0 Å². The monoisotopic (exact) mass is 346 g/mol. The second kappa shape index (κ2) is 7.37. The molecule has 134 valence electrons. The molecule has 2 saturated heterocycles. The molecule has 2 N–H and O–H groups in total. The first kappa shape index (κ1) is 17.8. The number of cyclic esters (lactones) is 4. The first-order chi connectivity index (χ1) is 11.3. The van der Waals surface area contributed by atoms with Gasteiger partial charge in [-0.3, -0.25) is 9.59 Å². The van der Waals surface area contributed by atoms with Crippen LogP contribution in [0.15, 0.2) is 0 Å². The maximum atomic E-state index is 11.9. The summed E-state index contributed by atoms with van der Waals surface area (Å²) in [5.74, 6) is -2.22. The van der Waals surface area contributed by atoms with Crippen LogP contribution in [0.1, 0.15) is 32.1 Å². The fourth-order valence-electron chi connectivity index (χ4n) is 2.95. The summed E-state index contributed by atoms with van der Waals surface area (Å²) in [6, 6.07) is 0. The smallest absolute Gasteiger partial charge is 0.481 e. The van der Waals surface area contributed by atoms with Crippen molar-refractivity contribution in [2.75, 3.05) is 13.2 Å². The van der Waals surface area contributed by atoms with Gasteiger partial charge in [0.2, 0.25) is 0 Å². The van der Waals surface area contributed by atoms with E-state index >= 15 is 0 Å². The largest absolute Gasteiger partial charge is 0.508 e. The summed E-state index contributed by atoms with van der Waals surface area (Å²) in [4.78, 5) is 44.7. The molecule has 0 radical (unpaired) electrons. The van der Waals surface area contributed by atoms with Gasteiger partial charge >= 0.3 is 24.2 Å². The third-order valence-electron chi connectivity index (χ3n) is 4.04. The van der Waals surface area contributed by atoms with E-state index in [2.05, 4.69) is 9.47 Å². The van der Waals surface area contributed by atoms with Gasteiger partial charge in [0.1, 0.15) is 25.4 Å². The number of carboxylic acids is 2. The van der Waals surface area contributed by atoms with E-state index in [-0.39, 0.29) is 45.3 Å². The Morgan fingerprint density at radius 1 is 1.00 bits per heavy atom. The van der Waals surface area contributed by atoms with Crippen LogP contribution in [0.25, 0.3) is 0 Å². The van der Waals surface area contributed by atoms with Crippen LogP contribution in [-0.4, -0.2) is 59.9 Å². The molecule has 0 aromatic rings. The second-order valence-corrected chi connectivity index (χ2v) is 5.84. The molecule has 0 amide bonds. The van der Waals surface area contributed by atoms with Crippen molar-refractivity contribution in [2.45, 2.75) is 44.3 Å². The van der Waals surface area contributed by atoms with Gasteiger partial charge in [0.25, 0.3) is 0 Å². The van der Waals surface area contributed by atoms with Gasteiger partial charge in [0.05, 0.1) is 5.41 Å². The molecule has 0 saturated carbocycles. The van der Waals surface area contributed by atoms with E-state index in [1.807, 2.05) is 0 Å². The van der Waals surface area contributed by atoms with Gasteiger partial charge < -0.3 is 29.2 Å². The lowest BCUT2D eigenvalue weighted by molar-refractivity contribution is -0.154. The van der Waals surface area contributed by atoms with Crippen molar-refractivity contribution >= 4 is 24.2 Å². The summed E-state index contributed by atoms with van der Waals surface area (Å²) >= 11 is 0. The highest BCUT2D eigenvalue weighted by molar-refractivity contribution is 5.75. The van der Waals surface area contributed by atoms with Gasteiger partial charge in [0, 0.05) is 19.3 Å². The quantitative estimate of drug-likeness (QED) is 0.583. The molecule has 2 heterocycles. The van der Waals surface area contributed by atoms with Crippen molar-refractivity contribution < 1.29 is 48.3 Å². The SMILES string of the molecule is O=C(O)CCCC(CC1COC(=O)O1)(CC1COC(=O)O1)C(=O)O. The molecule has 2 atom stereocenters. The maximum Gasteiger partial charge on any atom is 0.508 e. The van der Waals surface area contributed by atoms with Gasteiger partial charge in [-0.05, 0) is 12.8 Å². The Balaban J connectivity index is 2.11. The number of carboxylic acid groups (broad SMARTS) is 2. The molecular formula is C14H18O10. The lowest BCUT2D eigenvalue weighted by atomic mass is 9.73. The summed E-state index contributed by atoms with van der Waals surface area (Å²) < 4.78 is 19.1. The number of hydrogen-bond acceptors (Lipinski definition) is 8. The number of rotatable bonds is 9. The van der Waals surface area contributed by atoms with E-state index < -0.39 is 41.9 Å². The first-order valence-electron chi connectivity index (χ1n) is 7.43. The summed E-state index contributed by atoms with van der Waals surface area (Å²) in [5, 5.41) is 18.5. The van der Waals surface area contributed by atoms with Crippen LogP contribution in [0.3, 0.4) is 0 Å². The third-order valence-corrected chi connectivity index (χ3v) is 4.04. The van der Waals surface area contributed by atoms with E-state index in [1.165, 1.54) is 0 Å². The molecule has 0 spiro atoms. The normalized spacial score (nSPS) is 25.2. The first-order valence-corrected chi connectivity index (χ1v) is 7.43. The number of carbonyl (C=O) groups is 4. The molecule has 24 heavy (non-hydrogen) atoms. The molecule has 2 aliphatic rings. The number of ether oxygens (including phenoxy) is 4. The van der Waals surface area contributed by atoms with E-state index in [9.17, 15) is 24.3 Å². The van der Waals surface area contributed by atoms with Crippen LogP contribution in [0.5, 0.6) is 0 Å². The lowest BCUT2D eigenvalue weighted by Crippen LogP contribution is -2.39. The van der Waals surface area contributed by atoms with E-state index in [1.54, 1.807) is 0 Å². The van der Waals surface area contributed by atoms with E-state index in [0.717, 1.165) is 0 Å². The molecule has 2 unspecified atom stereocenters. The number of hydrogen-bond donors (Lipinski definition) is 2. The van der Waals surface area contributed by atoms with Crippen LogP contribution in [0.4, 0.5) is 9.59 Å². The predicted molar refractivity (Wildman–Crippen MR) is 73.2 cm³/mol. The Morgan fingerprint density at radius 3 is 1.83 bits per heavy atom. The van der Waals surface area contributed by atoms with Crippen molar-refractivity contribution in [2.24, 2.45) is 5.41 Å². The highest BCUT2D eigenvalue weighted by Gasteiger charge is 2.46. The lowest BCUT2D eigenvalue weighted by Gasteiger charge is -2.32. The van der Waals surface area contributed by atoms with Gasteiger partial charge in [-0.1, -0.05) is 0 Å². The standard InChI is InChI=1S/C14H18O10/c15-10(16)2-1-3-14(11(17)18,4-8-6-21-12(19)23-8)5-9-7-22-13(20)24-9/h8-9H,1-7H2,(H,15,16)(H,17,18). The molecular weight excluding hydrogens is 328 g/mol. The Hall–Kier alpha value is -2.52. The molecule has 0 bridgehead atoms. The molecule has 2 aliphatic heterocycles. The maximum absolute atomic E-state index is 11.9. The fourth-order valence-corrected chi connectivity index (χ4v) is 2.95. The summed E-state index contributed by atoms with van der Waals surface area (Å²) in [5.41, 5.74) is -1.42. The summed E-state index contributed by atoms with van der Waals surface area (Å²) in [6.07, 6.45) is -3.45. The van der Waals surface area contributed by atoms with Crippen LogP contribution in [0.2, 0.25) is 0 Å². The molecule has 0 aromatic heterocycles. The zero-order valence-corrected chi connectivity index (χ0v) is 12.8. The Kier molecular flexibility index (Phi) is 5.47. The molecule has 10 nitrogen and oxygen atoms in total. The minimum Gasteiger partial charge on any atom is -0.481 e. The fraction of sp³-hybridized carbons (Fsp3) is 0.714. The zero-order chi connectivity index (χ0) is 17.7. The molecule has 0 aliphatic carbocycles. The second-order valence-electron chi connectivity index (χ2n) is 5.84. The molecule has 2 fully saturated rings. The highest BCUT2D eigenvalue weighted by Crippen LogP contribution is 2.39. The Labute approximate surface area is 136 Å². The average molecular weight is 346 g/mol. The Bertz CT molecular complexity index is 500. The third kappa shape index (κ3) is 4.49. The van der Waals surface area contributed by atoms with Gasteiger partial charge in [-0.2, -0.15) is 0 Å². The van der Waals surface area contributed by atoms with Crippen LogP contribution >= 0.6 is 0 Å². The molecule has 10 heteroatoms. The minimum absolute atomic E-state index is 0.0245. The van der Waals surface area contributed by atoms with Gasteiger partial charge in [-0.25, -0.2) is 9.59 Å². The average Bonchev–Trinajstić information content (AvgIpc) is 3.06. The topological polar surface area (TPSA) is 146 Å². The van der Waals surface area contributed by atoms with Crippen LogP contribution in [0, 0.1) is 5.41 Å². The van der Waals surface area contributed by atoms with Crippen LogP contribution in [-0.2, 0) is 28.5 Å². The zero-order valence-electron chi connectivity index (χ0n) is 12.8. The van der Waals surface area contributed by atoms with Crippen LogP contribution < -0.4 is 0 Å². The summed E-state index contributed by atoms with van der Waals surface area (Å²) in [7, 11) is 0. The van der Waals surface area contributed by atoms with E-state index in [0.29, 0.717) is 0 Å². The number of carbonyl (C=O) groups excluding carboxylic acids is 2. The predicted octanol–water partition coefficient (Wildman–Crippen LogP) is 1.16. The van der Waals surface area contributed by atoms with E-state index in [4.69, 9.17) is 14.6 Å². The van der Waals surface area contributed by atoms with Crippen molar-refractivity contribution in [3.63, 3.8) is 0 Å². The number of aliphatic carboxylic acids is 2. The minimum atomic E-state index is -1.42. The van der Waals surface area contributed by atoms with Crippen molar-refractivity contribution in [1.82, 2.24) is 0 Å². The summed E-state index contributed by atoms with van der Waals surface area (Å²) in [6.45, 7) is -0.151. The van der Waals surface area contributed by atoms with Gasteiger partial charge in [0.15, 0.2) is 0 Å². The molecule has 2 rings (SSSR count). The van der Waals surface area contributed by atoms with Crippen molar-refractivity contribution in [1.29, 1.82) is 0 Å². The molecule has 0 aromatic carbocycles. The van der Waals surface area contributed by atoms with Crippen molar-refractivity contribution in [3.8, 4) is 0 Å². The van der Waals surface area contributed by atoms with Gasteiger partial charge in [-0.15, -0.1) is 0 Å².